The molecule has 0 unspecified atom stereocenters. The fraction of sp³-hybridized carbons (Fsp3) is 0.429. The van der Waals surface area contributed by atoms with Crippen molar-refractivity contribution in [2.24, 2.45) is 0 Å². The van der Waals surface area contributed by atoms with Gasteiger partial charge < -0.3 is 0 Å². The number of piperidine rings is 1. The van der Waals surface area contributed by atoms with E-state index in [1.165, 1.54) is 18.4 Å². The SMILES string of the molecule is C#CCN1CCC[C@@H](c2ccccc2)C1. The Morgan fingerprint density at radius 3 is 2.87 bits per heavy atom. The van der Waals surface area contributed by atoms with E-state index in [1.807, 2.05) is 0 Å². The topological polar surface area (TPSA) is 3.24 Å². The molecule has 1 aliphatic heterocycles. The van der Waals surface area contributed by atoms with Crippen LogP contribution >= 0.6 is 0 Å². The molecule has 0 N–H and O–H groups in total. The highest BCUT2D eigenvalue weighted by Crippen LogP contribution is 2.26. The second-order valence-corrected chi connectivity index (χ2v) is 4.19. The van der Waals surface area contributed by atoms with Gasteiger partial charge in [-0.2, -0.15) is 0 Å². The first-order valence-electron chi connectivity index (χ1n) is 5.61. The van der Waals surface area contributed by atoms with Crippen LogP contribution in [0.15, 0.2) is 30.3 Å². The van der Waals surface area contributed by atoms with Gasteiger partial charge in [-0.25, -0.2) is 0 Å². The summed E-state index contributed by atoms with van der Waals surface area (Å²) in [5, 5.41) is 0. The zero-order valence-electron chi connectivity index (χ0n) is 9.02. The first-order valence-corrected chi connectivity index (χ1v) is 5.61. The number of benzene rings is 1. The van der Waals surface area contributed by atoms with Crippen molar-refractivity contribution in [1.82, 2.24) is 4.90 Å². The quantitative estimate of drug-likeness (QED) is 0.661. The Morgan fingerprint density at radius 1 is 1.33 bits per heavy atom. The second-order valence-electron chi connectivity index (χ2n) is 4.19. The third-order valence-electron chi connectivity index (χ3n) is 3.09. The highest BCUT2D eigenvalue weighted by molar-refractivity contribution is 5.20. The number of terminal acetylenes is 1. The molecule has 0 aliphatic carbocycles. The molecule has 1 aromatic carbocycles. The van der Waals surface area contributed by atoms with E-state index in [0.29, 0.717) is 5.92 Å². The lowest BCUT2D eigenvalue weighted by molar-refractivity contribution is 0.231. The molecule has 0 bridgehead atoms. The van der Waals surface area contributed by atoms with E-state index in [4.69, 9.17) is 6.42 Å². The van der Waals surface area contributed by atoms with Gasteiger partial charge in [0.05, 0.1) is 6.54 Å². The normalized spacial score (nSPS) is 22.2. The van der Waals surface area contributed by atoms with Crippen LogP contribution in [-0.2, 0) is 0 Å². The summed E-state index contributed by atoms with van der Waals surface area (Å²) in [6.45, 7) is 3.07. The van der Waals surface area contributed by atoms with Gasteiger partial charge in [0.15, 0.2) is 0 Å². The van der Waals surface area contributed by atoms with E-state index in [1.54, 1.807) is 0 Å². The number of hydrogen-bond donors (Lipinski definition) is 0. The standard InChI is InChI=1S/C14H17N/c1-2-10-15-11-6-9-14(12-15)13-7-4-3-5-8-13/h1,3-5,7-8,14H,6,9-12H2/t14-/m1/s1. The van der Waals surface area contributed by atoms with Crippen molar-refractivity contribution in [3.63, 3.8) is 0 Å². The average Bonchev–Trinajstić information content (AvgIpc) is 2.31. The van der Waals surface area contributed by atoms with Gasteiger partial charge >= 0.3 is 0 Å². The third-order valence-corrected chi connectivity index (χ3v) is 3.09. The lowest BCUT2D eigenvalue weighted by Gasteiger charge is -2.31. The van der Waals surface area contributed by atoms with E-state index >= 15 is 0 Å². The molecular formula is C14H17N. The van der Waals surface area contributed by atoms with Gasteiger partial charge in [-0.1, -0.05) is 36.3 Å². The summed E-state index contributed by atoms with van der Waals surface area (Å²) in [6, 6.07) is 10.8. The maximum absolute atomic E-state index is 5.35. The van der Waals surface area contributed by atoms with Crippen LogP contribution in [0.25, 0.3) is 0 Å². The Balaban J connectivity index is 2.02. The fourth-order valence-corrected chi connectivity index (χ4v) is 2.33. The van der Waals surface area contributed by atoms with Gasteiger partial charge in [0.2, 0.25) is 0 Å². The van der Waals surface area contributed by atoms with Crippen molar-refractivity contribution < 1.29 is 0 Å². The van der Waals surface area contributed by atoms with Crippen LogP contribution in [-0.4, -0.2) is 24.5 Å². The highest BCUT2D eigenvalue weighted by atomic mass is 15.1. The van der Waals surface area contributed by atoms with Crippen molar-refractivity contribution >= 4 is 0 Å². The summed E-state index contributed by atoms with van der Waals surface area (Å²) in [5.74, 6) is 3.41. The molecule has 0 radical (unpaired) electrons. The van der Waals surface area contributed by atoms with E-state index in [0.717, 1.165) is 19.6 Å². The predicted octanol–water partition coefficient (Wildman–Crippen LogP) is 2.50. The van der Waals surface area contributed by atoms with Crippen LogP contribution in [0.2, 0.25) is 0 Å². The van der Waals surface area contributed by atoms with Crippen molar-refractivity contribution in [3.8, 4) is 12.3 Å². The van der Waals surface area contributed by atoms with Crippen molar-refractivity contribution in [1.29, 1.82) is 0 Å². The van der Waals surface area contributed by atoms with Crippen molar-refractivity contribution in [2.75, 3.05) is 19.6 Å². The molecular weight excluding hydrogens is 182 g/mol. The molecule has 1 aromatic rings. The maximum atomic E-state index is 5.35. The van der Waals surface area contributed by atoms with Gasteiger partial charge in [-0.3, -0.25) is 4.90 Å². The summed E-state index contributed by atoms with van der Waals surface area (Å²) >= 11 is 0. The predicted molar refractivity (Wildman–Crippen MR) is 63.7 cm³/mol. The largest absolute Gasteiger partial charge is 0.292 e. The van der Waals surface area contributed by atoms with E-state index in [2.05, 4.69) is 41.2 Å². The van der Waals surface area contributed by atoms with E-state index in [-0.39, 0.29) is 0 Å². The van der Waals surface area contributed by atoms with Gasteiger partial charge in [0.1, 0.15) is 0 Å². The molecule has 1 aliphatic rings. The molecule has 1 heterocycles. The minimum absolute atomic E-state index is 0.674. The lowest BCUT2D eigenvalue weighted by atomic mass is 9.91. The van der Waals surface area contributed by atoms with Crippen LogP contribution in [0, 0.1) is 12.3 Å². The Bertz CT molecular complexity index is 336. The molecule has 0 aromatic heterocycles. The Hall–Kier alpha value is -1.26. The van der Waals surface area contributed by atoms with Crippen LogP contribution in [0.4, 0.5) is 0 Å². The molecule has 1 atom stereocenters. The van der Waals surface area contributed by atoms with Crippen LogP contribution in [0.1, 0.15) is 24.3 Å². The first-order chi connectivity index (χ1) is 7.40. The Kier molecular flexibility index (Phi) is 3.42. The summed E-state index contributed by atoms with van der Waals surface area (Å²) in [7, 11) is 0. The van der Waals surface area contributed by atoms with E-state index < -0.39 is 0 Å². The molecule has 0 amide bonds. The number of rotatable bonds is 2. The summed E-state index contributed by atoms with van der Waals surface area (Å²) in [4.78, 5) is 2.38. The zero-order valence-corrected chi connectivity index (χ0v) is 9.02. The highest BCUT2D eigenvalue weighted by Gasteiger charge is 2.19. The average molecular weight is 199 g/mol. The summed E-state index contributed by atoms with van der Waals surface area (Å²) in [6.07, 6.45) is 7.91. The molecule has 1 nitrogen and oxygen atoms in total. The first kappa shape index (κ1) is 10.3. The minimum Gasteiger partial charge on any atom is -0.292 e. The minimum atomic E-state index is 0.674. The second kappa shape index (κ2) is 5.00. The number of nitrogens with zero attached hydrogens (tertiary/aromatic N) is 1. The summed E-state index contributed by atoms with van der Waals surface area (Å²) in [5.41, 5.74) is 1.46. The Labute approximate surface area is 92.1 Å². The van der Waals surface area contributed by atoms with Gasteiger partial charge in [0.25, 0.3) is 0 Å². The van der Waals surface area contributed by atoms with Gasteiger partial charge in [0, 0.05) is 6.54 Å². The van der Waals surface area contributed by atoms with Gasteiger partial charge in [-0.15, -0.1) is 6.42 Å². The molecule has 1 heteroatoms. The number of hydrogen-bond acceptors (Lipinski definition) is 1. The molecule has 2 rings (SSSR count). The molecule has 0 saturated carbocycles. The maximum Gasteiger partial charge on any atom is 0.0599 e. The van der Waals surface area contributed by atoms with Crippen molar-refractivity contribution in [3.05, 3.63) is 35.9 Å². The number of likely N-dealkylation sites (tertiary alicyclic amines) is 1. The fourth-order valence-electron chi connectivity index (χ4n) is 2.33. The van der Waals surface area contributed by atoms with Crippen LogP contribution in [0.5, 0.6) is 0 Å². The van der Waals surface area contributed by atoms with Crippen molar-refractivity contribution in [2.45, 2.75) is 18.8 Å². The van der Waals surface area contributed by atoms with E-state index in [9.17, 15) is 0 Å². The Morgan fingerprint density at radius 2 is 2.13 bits per heavy atom. The molecule has 1 saturated heterocycles. The van der Waals surface area contributed by atoms with Crippen LogP contribution in [0.3, 0.4) is 0 Å². The molecule has 78 valence electrons. The molecule has 1 fully saturated rings. The third kappa shape index (κ3) is 2.61. The summed E-state index contributed by atoms with van der Waals surface area (Å²) < 4.78 is 0. The van der Waals surface area contributed by atoms with Crippen LogP contribution < -0.4 is 0 Å². The zero-order chi connectivity index (χ0) is 10.5. The van der Waals surface area contributed by atoms with Gasteiger partial charge in [-0.05, 0) is 30.9 Å². The monoisotopic (exact) mass is 199 g/mol. The molecule has 15 heavy (non-hydrogen) atoms. The smallest absolute Gasteiger partial charge is 0.0599 e. The lowest BCUT2D eigenvalue weighted by Crippen LogP contribution is -2.34. The molecule has 0 spiro atoms.